The highest BCUT2D eigenvalue weighted by atomic mass is 35.5. The Balaban J connectivity index is 2.04. The SMILES string of the molecule is COCC(=O)NC1(c2nnnn2-c2cccc(Cl)c2C)CCC(C)CC1. The normalized spacial score (nSPS) is 23.0. The number of carbonyl (C=O) groups is 1. The van der Waals surface area contributed by atoms with E-state index in [4.69, 9.17) is 16.3 Å². The van der Waals surface area contributed by atoms with Gasteiger partial charge < -0.3 is 10.1 Å². The molecular formula is C18H24ClN5O2. The Hall–Kier alpha value is -1.99. The van der Waals surface area contributed by atoms with Gasteiger partial charge in [-0.1, -0.05) is 24.6 Å². The van der Waals surface area contributed by atoms with Gasteiger partial charge in [-0.05, 0) is 66.6 Å². The maximum Gasteiger partial charge on any atom is 0.246 e. The van der Waals surface area contributed by atoms with Gasteiger partial charge >= 0.3 is 0 Å². The molecule has 0 radical (unpaired) electrons. The largest absolute Gasteiger partial charge is 0.375 e. The number of ether oxygens (including phenoxy) is 1. The van der Waals surface area contributed by atoms with Gasteiger partial charge in [-0.25, -0.2) is 0 Å². The van der Waals surface area contributed by atoms with E-state index in [0.29, 0.717) is 16.8 Å². The molecule has 1 N–H and O–H groups in total. The molecule has 26 heavy (non-hydrogen) atoms. The van der Waals surface area contributed by atoms with E-state index >= 15 is 0 Å². The van der Waals surface area contributed by atoms with Crippen LogP contribution in [0, 0.1) is 12.8 Å². The average Bonchev–Trinajstić information content (AvgIpc) is 3.10. The van der Waals surface area contributed by atoms with Crippen molar-refractivity contribution in [2.24, 2.45) is 5.92 Å². The number of aromatic nitrogens is 4. The molecule has 8 heteroatoms. The maximum atomic E-state index is 12.3. The van der Waals surface area contributed by atoms with Gasteiger partial charge in [0.2, 0.25) is 5.91 Å². The standard InChI is InChI=1S/C18H24ClN5O2/c1-12-7-9-18(10-8-12,20-16(25)11-26-3)17-21-22-23-24(17)15-6-4-5-14(19)13(15)2/h4-6,12H,7-11H2,1-3H3,(H,20,25). The Kier molecular flexibility index (Phi) is 5.58. The molecule has 0 aliphatic heterocycles. The summed E-state index contributed by atoms with van der Waals surface area (Å²) in [7, 11) is 1.51. The van der Waals surface area contributed by atoms with Crippen molar-refractivity contribution in [3.05, 3.63) is 34.6 Å². The monoisotopic (exact) mass is 377 g/mol. The molecule has 0 saturated heterocycles. The molecule has 1 heterocycles. The summed E-state index contributed by atoms with van der Waals surface area (Å²) in [6.07, 6.45) is 3.55. The highest BCUT2D eigenvalue weighted by Gasteiger charge is 2.42. The first kappa shape index (κ1) is 18.8. The lowest BCUT2D eigenvalue weighted by Gasteiger charge is -2.39. The number of methoxy groups -OCH3 is 1. The first-order valence-corrected chi connectivity index (χ1v) is 9.19. The molecule has 1 saturated carbocycles. The van der Waals surface area contributed by atoms with Crippen LogP contribution in [0.1, 0.15) is 44.0 Å². The number of nitrogens with one attached hydrogen (secondary N) is 1. The number of hydrogen-bond acceptors (Lipinski definition) is 5. The second-order valence-corrected chi connectivity index (χ2v) is 7.45. The van der Waals surface area contributed by atoms with E-state index in [2.05, 4.69) is 27.8 Å². The summed E-state index contributed by atoms with van der Waals surface area (Å²) in [5, 5.41) is 16.2. The maximum absolute atomic E-state index is 12.3. The van der Waals surface area contributed by atoms with Crippen molar-refractivity contribution in [3.63, 3.8) is 0 Å². The van der Waals surface area contributed by atoms with Crippen molar-refractivity contribution < 1.29 is 9.53 Å². The van der Waals surface area contributed by atoms with Gasteiger partial charge in [-0.15, -0.1) is 5.10 Å². The van der Waals surface area contributed by atoms with E-state index in [1.807, 2.05) is 25.1 Å². The van der Waals surface area contributed by atoms with Crippen molar-refractivity contribution in [1.82, 2.24) is 25.5 Å². The number of halogens is 1. The Morgan fingerprint density at radius 2 is 2.15 bits per heavy atom. The number of amides is 1. The van der Waals surface area contributed by atoms with Crippen LogP contribution in [-0.2, 0) is 15.1 Å². The number of benzene rings is 1. The number of carbonyl (C=O) groups excluding carboxylic acids is 1. The van der Waals surface area contributed by atoms with Gasteiger partial charge in [0.1, 0.15) is 12.1 Å². The van der Waals surface area contributed by atoms with Gasteiger partial charge in [-0.2, -0.15) is 4.68 Å². The van der Waals surface area contributed by atoms with Crippen LogP contribution >= 0.6 is 11.6 Å². The van der Waals surface area contributed by atoms with Crippen LogP contribution in [0.25, 0.3) is 5.69 Å². The Morgan fingerprint density at radius 1 is 1.42 bits per heavy atom. The van der Waals surface area contributed by atoms with Gasteiger partial charge in [0.15, 0.2) is 5.82 Å². The van der Waals surface area contributed by atoms with Crippen LogP contribution in [-0.4, -0.2) is 39.8 Å². The summed E-state index contributed by atoms with van der Waals surface area (Å²) in [4.78, 5) is 12.3. The fraction of sp³-hybridized carbons (Fsp3) is 0.556. The van der Waals surface area contributed by atoms with Crippen LogP contribution in [0.5, 0.6) is 0 Å². The third kappa shape index (κ3) is 3.59. The molecule has 0 spiro atoms. The topological polar surface area (TPSA) is 81.9 Å². The van der Waals surface area contributed by atoms with Crippen molar-refractivity contribution >= 4 is 17.5 Å². The van der Waals surface area contributed by atoms with E-state index in [1.54, 1.807) is 4.68 Å². The number of nitrogens with zero attached hydrogens (tertiary/aromatic N) is 4. The van der Waals surface area contributed by atoms with Crippen molar-refractivity contribution in [1.29, 1.82) is 0 Å². The zero-order valence-corrected chi connectivity index (χ0v) is 16.1. The van der Waals surface area contributed by atoms with Crippen molar-refractivity contribution in [2.75, 3.05) is 13.7 Å². The quantitative estimate of drug-likeness (QED) is 0.866. The average molecular weight is 378 g/mol. The van der Waals surface area contributed by atoms with Crippen LogP contribution in [0.3, 0.4) is 0 Å². The number of rotatable bonds is 5. The van der Waals surface area contributed by atoms with Gasteiger partial charge in [0.25, 0.3) is 0 Å². The molecule has 3 rings (SSSR count). The van der Waals surface area contributed by atoms with Crippen LogP contribution in [0.15, 0.2) is 18.2 Å². The smallest absolute Gasteiger partial charge is 0.246 e. The lowest BCUT2D eigenvalue weighted by atomic mass is 9.76. The second-order valence-electron chi connectivity index (χ2n) is 7.04. The molecule has 1 fully saturated rings. The molecule has 1 aromatic heterocycles. The molecule has 0 atom stereocenters. The molecule has 1 aliphatic carbocycles. The molecular weight excluding hydrogens is 354 g/mol. The predicted molar refractivity (Wildman–Crippen MR) is 98.2 cm³/mol. The molecule has 2 aromatic rings. The third-order valence-corrected chi connectivity index (χ3v) is 5.56. The van der Waals surface area contributed by atoms with Crippen molar-refractivity contribution in [3.8, 4) is 5.69 Å². The lowest BCUT2D eigenvalue weighted by molar-refractivity contribution is -0.127. The summed E-state index contributed by atoms with van der Waals surface area (Å²) in [5.74, 6) is 1.08. The van der Waals surface area contributed by atoms with E-state index in [-0.39, 0.29) is 12.5 Å². The first-order chi connectivity index (χ1) is 12.5. The second kappa shape index (κ2) is 7.72. The predicted octanol–water partition coefficient (Wildman–Crippen LogP) is 2.79. The molecule has 0 unspecified atom stereocenters. The molecule has 1 amide bonds. The fourth-order valence-corrected chi connectivity index (χ4v) is 3.74. The minimum Gasteiger partial charge on any atom is -0.375 e. The van der Waals surface area contributed by atoms with E-state index in [9.17, 15) is 4.79 Å². The van der Waals surface area contributed by atoms with E-state index < -0.39 is 5.54 Å². The fourth-order valence-electron chi connectivity index (χ4n) is 3.57. The molecule has 7 nitrogen and oxygen atoms in total. The number of tetrazole rings is 1. The lowest BCUT2D eigenvalue weighted by Crippen LogP contribution is -2.50. The van der Waals surface area contributed by atoms with Crippen LogP contribution < -0.4 is 5.32 Å². The van der Waals surface area contributed by atoms with Gasteiger partial charge in [-0.3, -0.25) is 4.79 Å². The molecule has 140 valence electrons. The molecule has 0 bridgehead atoms. The van der Waals surface area contributed by atoms with Gasteiger partial charge in [0.05, 0.1) is 5.69 Å². The van der Waals surface area contributed by atoms with E-state index in [1.165, 1.54) is 7.11 Å². The minimum absolute atomic E-state index is 0.00899. The van der Waals surface area contributed by atoms with Gasteiger partial charge in [0, 0.05) is 12.1 Å². The Morgan fingerprint density at radius 3 is 2.85 bits per heavy atom. The zero-order valence-electron chi connectivity index (χ0n) is 15.3. The molecule has 1 aliphatic rings. The summed E-state index contributed by atoms with van der Waals surface area (Å²) < 4.78 is 6.69. The number of hydrogen-bond donors (Lipinski definition) is 1. The highest BCUT2D eigenvalue weighted by molar-refractivity contribution is 6.31. The Bertz CT molecular complexity index is 784. The van der Waals surface area contributed by atoms with Crippen LogP contribution in [0.2, 0.25) is 5.02 Å². The molecule has 1 aromatic carbocycles. The van der Waals surface area contributed by atoms with Crippen molar-refractivity contribution in [2.45, 2.75) is 45.1 Å². The highest BCUT2D eigenvalue weighted by Crippen LogP contribution is 2.39. The van der Waals surface area contributed by atoms with Crippen LogP contribution in [0.4, 0.5) is 0 Å². The first-order valence-electron chi connectivity index (χ1n) is 8.81. The summed E-state index contributed by atoms with van der Waals surface area (Å²) in [5.41, 5.74) is 1.10. The van der Waals surface area contributed by atoms with E-state index in [0.717, 1.165) is 36.9 Å². The summed E-state index contributed by atoms with van der Waals surface area (Å²) >= 11 is 6.28. The summed E-state index contributed by atoms with van der Waals surface area (Å²) in [6, 6.07) is 5.63. The third-order valence-electron chi connectivity index (χ3n) is 5.15. The minimum atomic E-state index is -0.611. The summed E-state index contributed by atoms with van der Waals surface area (Å²) in [6.45, 7) is 4.17. The zero-order chi connectivity index (χ0) is 18.7. The Labute approximate surface area is 158 Å².